The van der Waals surface area contributed by atoms with Gasteiger partial charge in [0.05, 0.1) is 8.68 Å². The van der Waals surface area contributed by atoms with Crippen molar-refractivity contribution >= 4 is 53.2 Å². The van der Waals surface area contributed by atoms with Gasteiger partial charge in [0.1, 0.15) is 0 Å². The van der Waals surface area contributed by atoms with E-state index < -0.39 is 10.0 Å². The average molecular weight is 405 g/mol. The molecule has 98 valence electrons. The van der Waals surface area contributed by atoms with Gasteiger partial charge in [0.2, 0.25) is 10.0 Å². The maximum absolute atomic E-state index is 12.1. The van der Waals surface area contributed by atoms with E-state index in [0.717, 1.165) is 15.1 Å². The number of sulfonamides is 1. The predicted molar refractivity (Wildman–Crippen MR) is 79.5 cm³/mol. The number of hydrogen-bond acceptors (Lipinski definition) is 3. The van der Waals surface area contributed by atoms with Gasteiger partial charge in [0, 0.05) is 15.7 Å². The SMILES string of the molecule is Cc1sc(Br)cc1S(=O)(=O)NC(C)CC(C)Br. The Hall–Kier alpha value is 0.570. The standard InChI is InChI=1S/C10H15Br2NO2S2/c1-6(11)4-7(2)13-17(14,15)9-5-10(12)16-8(9)3/h5-7,13H,4H2,1-3H3. The molecule has 0 aromatic carbocycles. The van der Waals surface area contributed by atoms with Gasteiger partial charge < -0.3 is 0 Å². The van der Waals surface area contributed by atoms with Gasteiger partial charge in [-0.2, -0.15) is 0 Å². The Kier molecular flexibility index (Phi) is 5.65. The minimum Gasteiger partial charge on any atom is -0.208 e. The molecular weight excluding hydrogens is 390 g/mol. The Morgan fingerprint density at radius 1 is 1.47 bits per heavy atom. The molecule has 0 aliphatic carbocycles. The molecule has 0 amide bonds. The summed E-state index contributed by atoms with van der Waals surface area (Å²) in [6.07, 6.45) is 0.754. The molecule has 1 rings (SSSR count). The molecule has 0 saturated heterocycles. The summed E-state index contributed by atoms with van der Waals surface area (Å²) in [6, 6.07) is 1.56. The summed E-state index contributed by atoms with van der Waals surface area (Å²) in [6.45, 7) is 5.67. The molecule has 17 heavy (non-hydrogen) atoms. The van der Waals surface area contributed by atoms with Gasteiger partial charge in [0.15, 0.2) is 0 Å². The van der Waals surface area contributed by atoms with E-state index in [-0.39, 0.29) is 10.9 Å². The number of alkyl halides is 1. The number of aryl methyl sites for hydroxylation is 1. The van der Waals surface area contributed by atoms with Crippen LogP contribution in [0.15, 0.2) is 14.7 Å². The molecule has 0 spiro atoms. The van der Waals surface area contributed by atoms with Crippen molar-refractivity contribution in [1.29, 1.82) is 0 Å². The first kappa shape index (κ1) is 15.6. The van der Waals surface area contributed by atoms with Crippen molar-refractivity contribution in [1.82, 2.24) is 4.72 Å². The van der Waals surface area contributed by atoms with Crippen LogP contribution in [0.25, 0.3) is 0 Å². The highest BCUT2D eigenvalue weighted by Gasteiger charge is 2.22. The highest BCUT2D eigenvalue weighted by atomic mass is 79.9. The van der Waals surface area contributed by atoms with Crippen LogP contribution in [-0.2, 0) is 10.0 Å². The lowest BCUT2D eigenvalue weighted by atomic mass is 10.2. The molecular formula is C10H15Br2NO2S2. The Morgan fingerprint density at radius 2 is 2.06 bits per heavy atom. The maximum atomic E-state index is 12.1. The van der Waals surface area contributed by atoms with Crippen LogP contribution in [-0.4, -0.2) is 19.3 Å². The Balaban J connectivity index is 2.86. The predicted octanol–water partition coefficient (Wildman–Crippen LogP) is 3.66. The second-order valence-electron chi connectivity index (χ2n) is 4.01. The highest BCUT2D eigenvalue weighted by molar-refractivity contribution is 9.11. The summed E-state index contributed by atoms with van der Waals surface area (Å²) in [5.41, 5.74) is 0. The summed E-state index contributed by atoms with van der Waals surface area (Å²) in [7, 11) is -3.41. The maximum Gasteiger partial charge on any atom is 0.241 e. The molecule has 1 aromatic heterocycles. The molecule has 0 bridgehead atoms. The molecule has 0 radical (unpaired) electrons. The Labute approximate surface area is 123 Å². The molecule has 0 aliphatic heterocycles. The third-order valence-electron chi connectivity index (χ3n) is 2.17. The molecule has 2 unspecified atom stereocenters. The first-order valence-corrected chi connectivity index (χ1v) is 9.15. The van der Waals surface area contributed by atoms with Gasteiger partial charge in [-0.3, -0.25) is 0 Å². The van der Waals surface area contributed by atoms with Crippen LogP contribution in [0.1, 0.15) is 25.1 Å². The van der Waals surface area contributed by atoms with Crippen LogP contribution in [0.4, 0.5) is 0 Å². The third kappa shape index (κ3) is 4.63. The first-order chi connectivity index (χ1) is 7.72. The topological polar surface area (TPSA) is 46.2 Å². The lowest BCUT2D eigenvalue weighted by Crippen LogP contribution is -2.34. The van der Waals surface area contributed by atoms with Gasteiger partial charge in [0.25, 0.3) is 0 Å². The number of nitrogens with one attached hydrogen (secondary N) is 1. The fourth-order valence-corrected chi connectivity index (χ4v) is 5.79. The largest absolute Gasteiger partial charge is 0.241 e. The van der Waals surface area contributed by atoms with Crippen molar-refractivity contribution in [2.24, 2.45) is 0 Å². The molecule has 0 fully saturated rings. The smallest absolute Gasteiger partial charge is 0.208 e. The number of rotatable bonds is 5. The van der Waals surface area contributed by atoms with Gasteiger partial charge >= 0.3 is 0 Å². The zero-order valence-electron chi connectivity index (χ0n) is 9.83. The van der Waals surface area contributed by atoms with Crippen LogP contribution >= 0.6 is 43.2 Å². The van der Waals surface area contributed by atoms with E-state index in [2.05, 4.69) is 36.6 Å². The highest BCUT2D eigenvalue weighted by Crippen LogP contribution is 2.29. The lowest BCUT2D eigenvalue weighted by Gasteiger charge is -2.15. The van der Waals surface area contributed by atoms with E-state index in [0.29, 0.717) is 4.90 Å². The van der Waals surface area contributed by atoms with Crippen LogP contribution in [0, 0.1) is 6.92 Å². The fourth-order valence-electron chi connectivity index (χ4n) is 1.56. The molecule has 1 aromatic rings. The lowest BCUT2D eigenvalue weighted by molar-refractivity contribution is 0.548. The average Bonchev–Trinajstić information content (AvgIpc) is 2.42. The van der Waals surface area contributed by atoms with Crippen molar-refractivity contribution in [3.8, 4) is 0 Å². The normalized spacial score (nSPS) is 15.8. The van der Waals surface area contributed by atoms with Crippen LogP contribution < -0.4 is 4.72 Å². The number of halogens is 2. The van der Waals surface area contributed by atoms with E-state index >= 15 is 0 Å². The molecule has 1 heterocycles. The van der Waals surface area contributed by atoms with E-state index in [9.17, 15) is 8.42 Å². The van der Waals surface area contributed by atoms with Crippen LogP contribution in [0.2, 0.25) is 0 Å². The Bertz CT molecular complexity index is 482. The first-order valence-electron chi connectivity index (χ1n) is 5.14. The van der Waals surface area contributed by atoms with Crippen molar-refractivity contribution in [2.45, 2.75) is 43.0 Å². The zero-order chi connectivity index (χ0) is 13.2. The fraction of sp³-hybridized carbons (Fsp3) is 0.600. The third-order valence-corrected chi connectivity index (χ3v) is 5.94. The van der Waals surface area contributed by atoms with Crippen molar-refractivity contribution in [2.75, 3.05) is 0 Å². The zero-order valence-corrected chi connectivity index (χ0v) is 14.6. The molecule has 1 N–H and O–H groups in total. The van der Waals surface area contributed by atoms with Gasteiger partial charge in [-0.05, 0) is 42.3 Å². The summed E-state index contributed by atoms with van der Waals surface area (Å²) in [5, 5.41) is 0. The van der Waals surface area contributed by atoms with Crippen LogP contribution in [0.5, 0.6) is 0 Å². The second kappa shape index (κ2) is 6.14. The second-order valence-corrected chi connectivity index (χ2v) is 9.89. The summed E-state index contributed by atoms with van der Waals surface area (Å²) >= 11 is 8.14. The Morgan fingerprint density at radius 3 is 2.47 bits per heavy atom. The monoisotopic (exact) mass is 403 g/mol. The van der Waals surface area contributed by atoms with E-state index in [4.69, 9.17) is 0 Å². The molecule has 7 heteroatoms. The summed E-state index contributed by atoms with van der Waals surface area (Å²) in [4.78, 5) is 1.45. The van der Waals surface area contributed by atoms with E-state index in [1.807, 2.05) is 20.8 Å². The van der Waals surface area contributed by atoms with E-state index in [1.54, 1.807) is 6.07 Å². The summed E-state index contributed by atoms with van der Waals surface area (Å²) in [5.74, 6) is 0. The van der Waals surface area contributed by atoms with Gasteiger partial charge in [-0.1, -0.05) is 22.9 Å². The minimum atomic E-state index is -3.41. The van der Waals surface area contributed by atoms with Gasteiger partial charge in [-0.15, -0.1) is 11.3 Å². The number of hydrogen-bond donors (Lipinski definition) is 1. The van der Waals surface area contributed by atoms with Crippen molar-refractivity contribution < 1.29 is 8.42 Å². The quantitative estimate of drug-likeness (QED) is 0.761. The number of thiophene rings is 1. The van der Waals surface area contributed by atoms with Gasteiger partial charge in [-0.25, -0.2) is 13.1 Å². The van der Waals surface area contributed by atoms with Crippen LogP contribution in [0.3, 0.4) is 0 Å². The molecule has 0 saturated carbocycles. The molecule has 3 nitrogen and oxygen atoms in total. The molecule has 0 aliphatic rings. The molecule has 2 atom stereocenters. The summed E-state index contributed by atoms with van der Waals surface area (Å²) < 4.78 is 27.8. The van der Waals surface area contributed by atoms with E-state index in [1.165, 1.54) is 11.3 Å². The van der Waals surface area contributed by atoms with Crippen molar-refractivity contribution in [3.05, 3.63) is 14.7 Å². The minimum absolute atomic E-state index is 0.0903. The van der Waals surface area contributed by atoms with Crippen molar-refractivity contribution in [3.63, 3.8) is 0 Å².